The number of nitro groups is 2. The van der Waals surface area contributed by atoms with E-state index in [1.165, 1.54) is 48.5 Å². The SMILES string of the molecule is CCCOc1cc(-c2cc(OCCC)c(N/N=C3/C(=O)N(c4ccc([N+](=O)[O-])cc4)N=C3C)cc2C)c(C)cc1N/N=C1/C(=O)N(c2ccc([N+](=O)[O-])cc2)N=C1C. The van der Waals surface area contributed by atoms with Crippen LogP contribution in [0.2, 0.25) is 0 Å². The molecular formula is C40H40N10O8. The summed E-state index contributed by atoms with van der Waals surface area (Å²) in [5, 5.41) is 42.0. The standard InChI is InChI=1S/C40H40N10O8/c1-7-17-57-35-21-31(23(3)19-33(35)41-43-37-25(5)45-47(39(37)51)27-9-13-29(14-10-27)49(53)54)32-22-36(58-18-8-2)34(20-24(32)4)42-44-38-26(6)46-48(40(38)52)28-11-15-30(16-12-28)50(55)56/h9-16,19-22,41-42H,7-8,17-18H2,1-6H3/b43-37+,44-38+. The number of nitrogens with zero attached hydrogens (tertiary/aromatic N) is 8. The van der Waals surface area contributed by atoms with Gasteiger partial charge in [-0.3, -0.25) is 40.7 Å². The van der Waals surface area contributed by atoms with Crippen molar-refractivity contribution in [3.05, 3.63) is 104 Å². The van der Waals surface area contributed by atoms with E-state index in [9.17, 15) is 29.8 Å². The zero-order valence-corrected chi connectivity index (χ0v) is 32.6. The van der Waals surface area contributed by atoms with E-state index in [-0.39, 0.29) is 22.8 Å². The lowest BCUT2D eigenvalue weighted by Gasteiger charge is -2.19. The Hall–Kier alpha value is -7.50. The monoisotopic (exact) mass is 788 g/mol. The smallest absolute Gasteiger partial charge is 0.301 e. The summed E-state index contributed by atoms with van der Waals surface area (Å²) in [5.41, 5.74) is 11.9. The summed E-state index contributed by atoms with van der Waals surface area (Å²) in [6.45, 7) is 12.0. The van der Waals surface area contributed by atoms with Gasteiger partial charge in [0.25, 0.3) is 11.4 Å². The van der Waals surface area contributed by atoms with Crippen molar-refractivity contribution in [3.8, 4) is 22.6 Å². The lowest BCUT2D eigenvalue weighted by molar-refractivity contribution is -0.385. The zero-order valence-electron chi connectivity index (χ0n) is 32.6. The molecular weight excluding hydrogens is 749 g/mol. The Morgan fingerprint density at radius 2 is 0.983 bits per heavy atom. The van der Waals surface area contributed by atoms with Crippen LogP contribution >= 0.6 is 0 Å². The summed E-state index contributed by atoms with van der Waals surface area (Å²) >= 11 is 0. The second-order valence-electron chi connectivity index (χ2n) is 13.3. The summed E-state index contributed by atoms with van der Waals surface area (Å²) in [6, 6.07) is 18.6. The number of amides is 2. The fraction of sp³-hybridized carbons (Fsp3) is 0.250. The highest BCUT2D eigenvalue weighted by molar-refractivity contribution is 6.72. The third kappa shape index (κ3) is 8.35. The van der Waals surface area contributed by atoms with Gasteiger partial charge >= 0.3 is 11.8 Å². The Morgan fingerprint density at radius 1 is 0.621 bits per heavy atom. The maximum absolute atomic E-state index is 13.4. The molecule has 0 unspecified atom stereocenters. The van der Waals surface area contributed by atoms with Crippen LogP contribution in [0, 0.1) is 34.1 Å². The van der Waals surface area contributed by atoms with Gasteiger partial charge in [-0.1, -0.05) is 13.8 Å². The lowest BCUT2D eigenvalue weighted by Crippen LogP contribution is -2.28. The van der Waals surface area contributed by atoms with E-state index < -0.39 is 21.7 Å². The van der Waals surface area contributed by atoms with Crippen molar-refractivity contribution in [3.63, 3.8) is 0 Å². The molecule has 0 fully saturated rings. The van der Waals surface area contributed by atoms with E-state index in [1.54, 1.807) is 13.8 Å². The molecule has 18 heteroatoms. The minimum absolute atomic E-state index is 0.0709. The normalized spacial score (nSPS) is 15.2. The number of hydrogen-bond donors (Lipinski definition) is 2. The van der Waals surface area contributed by atoms with E-state index in [4.69, 9.17) is 9.47 Å². The Bertz CT molecular complexity index is 2260. The summed E-state index contributed by atoms with van der Waals surface area (Å²) in [4.78, 5) is 47.9. The van der Waals surface area contributed by atoms with Crippen LogP contribution in [0.15, 0.2) is 93.2 Å². The van der Waals surface area contributed by atoms with Gasteiger partial charge in [-0.25, -0.2) is 0 Å². The molecule has 0 aliphatic carbocycles. The van der Waals surface area contributed by atoms with Crippen LogP contribution < -0.4 is 30.3 Å². The average molecular weight is 789 g/mol. The van der Waals surface area contributed by atoms with Crippen molar-refractivity contribution in [1.29, 1.82) is 0 Å². The van der Waals surface area contributed by atoms with Gasteiger partial charge in [-0.15, -0.1) is 0 Å². The molecule has 4 aromatic carbocycles. The first-order chi connectivity index (χ1) is 27.8. The van der Waals surface area contributed by atoms with Gasteiger partial charge in [0.1, 0.15) is 11.5 Å². The molecule has 58 heavy (non-hydrogen) atoms. The first-order valence-electron chi connectivity index (χ1n) is 18.3. The number of rotatable bonds is 15. The lowest BCUT2D eigenvalue weighted by atomic mass is 9.95. The van der Waals surface area contributed by atoms with Crippen LogP contribution in [0.5, 0.6) is 11.5 Å². The zero-order chi connectivity index (χ0) is 41.7. The van der Waals surface area contributed by atoms with Crippen molar-refractivity contribution in [1.82, 2.24) is 0 Å². The molecule has 6 rings (SSSR count). The number of carbonyl (C=O) groups is 2. The highest BCUT2D eigenvalue weighted by Gasteiger charge is 2.32. The number of aryl methyl sites for hydroxylation is 2. The second kappa shape index (κ2) is 17.1. The molecule has 0 bridgehead atoms. The number of non-ortho nitro benzene ring substituents is 2. The molecule has 2 heterocycles. The van der Waals surface area contributed by atoms with E-state index in [1.807, 2.05) is 52.0 Å². The van der Waals surface area contributed by atoms with Gasteiger partial charge < -0.3 is 9.47 Å². The molecule has 2 aliphatic heterocycles. The molecule has 0 saturated carbocycles. The van der Waals surface area contributed by atoms with Crippen LogP contribution in [0.4, 0.5) is 34.1 Å². The quantitative estimate of drug-likeness (QED) is 0.0881. The highest BCUT2D eigenvalue weighted by Crippen LogP contribution is 2.40. The van der Waals surface area contributed by atoms with Crippen LogP contribution in [0.3, 0.4) is 0 Å². The molecule has 2 amide bonds. The predicted molar refractivity (Wildman–Crippen MR) is 222 cm³/mol. The molecule has 298 valence electrons. The van der Waals surface area contributed by atoms with E-state index in [0.717, 1.165) is 45.1 Å². The Labute approximate surface area is 332 Å². The Morgan fingerprint density at radius 3 is 1.31 bits per heavy atom. The third-order valence-electron chi connectivity index (χ3n) is 9.03. The highest BCUT2D eigenvalue weighted by atomic mass is 16.6. The van der Waals surface area contributed by atoms with Gasteiger partial charge in [0, 0.05) is 24.3 Å². The molecule has 4 aromatic rings. The Kier molecular flexibility index (Phi) is 11.8. The molecule has 2 aliphatic rings. The first kappa shape index (κ1) is 40.2. The van der Waals surface area contributed by atoms with Crippen LogP contribution in [-0.2, 0) is 9.59 Å². The van der Waals surface area contributed by atoms with Gasteiger partial charge in [0.2, 0.25) is 0 Å². The first-order valence-corrected chi connectivity index (χ1v) is 18.3. The van der Waals surface area contributed by atoms with Crippen molar-refractivity contribution in [2.75, 3.05) is 34.1 Å². The number of ether oxygens (including phenoxy) is 2. The number of carbonyl (C=O) groups excluding carboxylic acids is 2. The number of hydrazone groups is 4. The molecule has 2 N–H and O–H groups in total. The average Bonchev–Trinajstić information content (AvgIpc) is 3.66. The molecule has 18 nitrogen and oxygen atoms in total. The summed E-state index contributed by atoms with van der Waals surface area (Å²) in [7, 11) is 0. The van der Waals surface area contributed by atoms with Gasteiger partial charge in [-0.05, 0) is 111 Å². The van der Waals surface area contributed by atoms with Gasteiger partial charge in [-0.2, -0.15) is 30.4 Å². The maximum Gasteiger partial charge on any atom is 0.301 e. The fourth-order valence-corrected chi connectivity index (χ4v) is 6.06. The largest absolute Gasteiger partial charge is 0.491 e. The number of benzene rings is 4. The van der Waals surface area contributed by atoms with Crippen molar-refractivity contribution in [2.45, 2.75) is 54.4 Å². The van der Waals surface area contributed by atoms with Crippen LogP contribution in [0.25, 0.3) is 11.1 Å². The van der Waals surface area contributed by atoms with Crippen molar-refractivity contribution >= 4 is 68.8 Å². The van der Waals surface area contributed by atoms with E-state index in [0.29, 0.717) is 58.9 Å². The summed E-state index contributed by atoms with van der Waals surface area (Å²) < 4.78 is 12.3. The van der Waals surface area contributed by atoms with Crippen molar-refractivity contribution in [2.24, 2.45) is 20.4 Å². The molecule has 0 aromatic heterocycles. The number of nitro benzene ring substituents is 2. The van der Waals surface area contributed by atoms with E-state index in [2.05, 4.69) is 31.3 Å². The fourth-order valence-electron chi connectivity index (χ4n) is 6.06. The minimum atomic E-state index is -0.518. The maximum atomic E-state index is 13.4. The predicted octanol–water partition coefficient (Wildman–Crippen LogP) is 7.75. The number of hydrogen-bond acceptors (Lipinski definition) is 14. The van der Waals surface area contributed by atoms with Crippen LogP contribution in [0.1, 0.15) is 51.7 Å². The van der Waals surface area contributed by atoms with Gasteiger partial charge in [0.05, 0.1) is 57.2 Å². The van der Waals surface area contributed by atoms with Crippen LogP contribution in [-0.4, -0.2) is 57.7 Å². The Balaban J connectivity index is 1.27. The topological polar surface area (TPSA) is 219 Å². The van der Waals surface area contributed by atoms with Crippen molar-refractivity contribution < 1.29 is 28.9 Å². The molecule has 0 radical (unpaired) electrons. The molecule has 0 saturated heterocycles. The number of nitrogens with one attached hydrogen (secondary N) is 2. The summed E-state index contributed by atoms with van der Waals surface area (Å²) in [6.07, 6.45) is 1.47. The third-order valence-corrected chi connectivity index (χ3v) is 9.03. The molecule has 0 atom stereocenters. The molecule has 0 spiro atoms. The second-order valence-corrected chi connectivity index (χ2v) is 13.3. The number of anilines is 4. The van der Waals surface area contributed by atoms with Gasteiger partial charge in [0.15, 0.2) is 11.4 Å². The minimum Gasteiger partial charge on any atom is -0.491 e. The van der Waals surface area contributed by atoms with E-state index >= 15 is 0 Å². The summed E-state index contributed by atoms with van der Waals surface area (Å²) in [5.74, 6) is -0.0111.